The molecule has 0 atom stereocenters. The molecule has 2 aromatic carbocycles. The maximum absolute atomic E-state index is 12.1. The van der Waals surface area contributed by atoms with Crippen LogP contribution in [-0.4, -0.2) is 31.9 Å². The molecule has 0 saturated heterocycles. The molecule has 2 aliphatic heterocycles. The van der Waals surface area contributed by atoms with E-state index in [2.05, 4.69) is 0 Å². The van der Waals surface area contributed by atoms with Crippen molar-refractivity contribution in [3.05, 3.63) is 53.6 Å². The lowest BCUT2D eigenvalue weighted by Crippen LogP contribution is -2.12. The number of fused-ring (bicyclic) bond motifs is 2. The maximum Gasteiger partial charge on any atom is 0.331 e. The molecule has 132 valence electrons. The molecule has 2 aliphatic rings. The van der Waals surface area contributed by atoms with Crippen molar-refractivity contribution in [3.63, 3.8) is 0 Å². The Hall–Kier alpha value is -3.48. The van der Waals surface area contributed by atoms with E-state index in [1.165, 1.54) is 6.08 Å². The fourth-order valence-corrected chi connectivity index (χ4v) is 2.52. The third-order valence-corrected chi connectivity index (χ3v) is 3.85. The Morgan fingerprint density at radius 2 is 1.54 bits per heavy atom. The van der Waals surface area contributed by atoms with Gasteiger partial charge in [-0.05, 0) is 42.0 Å². The SMILES string of the molecule is O=C(C=Cc1ccc2c(c1)OCO2)OCC(=O)c1ccc2c(c1)OCO2. The topological polar surface area (TPSA) is 80.3 Å². The average Bonchev–Trinajstić information content (AvgIpc) is 3.32. The monoisotopic (exact) mass is 354 g/mol. The highest BCUT2D eigenvalue weighted by atomic mass is 16.7. The summed E-state index contributed by atoms with van der Waals surface area (Å²) in [6.07, 6.45) is 2.83. The number of rotatable bonds is 5. The van der Waals surface area contributed by atoms with Gasteiger partial charge < -0.3 is 23.7 Å². The minimum atomic E-state index is -0.614. The van der Waals surface area contributed by atoms with Crippen LogP contribution >= 0.6 is 0 Å². The maximum atomic E-state index is 12.1. The van der Waals surface area contributed by atoms with Crippen LogP contribution in [-0.2, 0) is 9.53 Å². The van der Waals surface area contributed by atoms with E-state index in [-0.39, 0.29) is 26.0 Å². The molecular formula is C19H14O7. The lowest BCUT2D eigenvalue weighted by atomic mass is 10.1. The van der Waals surface area contributed by atoms with Gasteiger partial charge in [0.1, 0.15) is 0 Å². The normalized spacial score (nSPS) is 13.8. The summed E-state index contributed by atoms with van der Waals surface area (Å²) in [7, 11) is 0. The molecule has 7 nitrogen and oxygen atoms in total. The van der Waals surface area contributed by atoms with Crippen molar-refractivity contribution in [3.8, 4) is 23.0 Å². The number of carbonyl (C=O) groups is 2. The first-order valence-electron chi connectivity index (χ1n) is 7.86. The van der Waals surface area contributed by atoms with Crippen LogP contribution < -0.4 is 18.9 Å². The Morgan fingerprint density at radius 3 is 2.31 bits per heavy atom. The molecule has 0 bridgehead atoms. The van der Waals surface area contributed by atoms with Gasteiger partial charge in [-0.3, -0.25) is 4.79 Å². The second-order valence-corrected chi connectivity index (χ2v) is 5.54. The number of ketones is 1. The fourth-order valence-electron chi connectivity index (χ4n) is 2.52. The zero-order valence-corrected chi connectivity index (χ0v) is 13.6. The highest BCUT2D eigenvalue weighted by Gasteiger charge is 2.17. The van der Waals surface area contributed by atoms with Crippen molar-refractivity contribution in [1.29, 1.82) is 0 Å². The van der Waals surface area contributed by atoms with Gasteiger partial charge in [-0.15, -0.1) is 0 Å². The second-order valence-electron chi connectivity index (χ2n) is 5.54. The van der Waals surface area contributed by atoms with Crippen molar-refractivity contribution in [2.75, 3.05) is 20.2 Å². The van der Waals surface area contributed by atoms with Gasteiger partial charge in [0.25, 0.3) is 0 Å². The Labute approximate surface area is 148 Å². The highest BCUT2D eigenvalue weighted by molar-refractivity contribution is 5.99. The van der Waals surface area contributed by atoms with E-state index in [4.69, 9.17) is 23.7 Å². The Balaban J connectivity index is 1.33. The number of Topliss-reactive ketones (excluding diaryl/α,β-unsaturated/α-hetero) is 1. The van der Waals surface area contributed by atoms with Crippen molar-refractivity contribution in [2.24, 2.45) is 0 Å². The fraction of sp³-hybridized carbons (Fsp3) is 0.158. The highest BCUT2D eigenvalue weighted by Crippen LogP contribution is 2.33. The van der Waals surface area contributed by atoms with Gasteiger partial charge in [-0.2, -0.15) is 0 Å². The smallest absolute Gasteiger partial charge is 0.331 e. The summed E-state index contributed by atoms with van der Waals surface area (Å²) in [5.41, 5.74) is 1.15. The minimum absolute atomic E-state index is 0.132. The lowest BCUT2D eigenvalue weighted by molar-refractivity contribution is -0.136. The van der Waals surface area contributed by atoms with E-state index in [1.807, 2.05) is 0 Å². The van der Waals surface area contributed by atoms with Crippen LogP contribution in [0.15, 0.2) is 42.5 Å². The molecule has 0 fully saturated rings. The number of carbonyl (C=O) groups excluding carboxylic acids is 2. The van der Waals surface area contributed by atoms with Gasteiger partial charge in [0.05, 0.1) is 0 Å². The zero-order valence-electron chi connectivity index (χ0n) is 13.6. The average molecular weight is 354 g/mol. The lowest BCUT2D eigenvalue weighted by Gasteiger charge is -2.03. The molecule has 0 N–H and O–H groups in total. The Morgan fingerprint density at radius 1 is 0.885 bits per heavy atom. The third kappa shape index (κ3) is 3.32. The van der Waals surface area contributed by atoms with Crippen LogP contribution in [0.3, 0.4) is 0 Å². The van der Waals surface area contributed by atoms with Gasteiger partial charge in [0, 0.05) is 11.6 Å². The van der Waals surface area contributed by atoms with E-state index in [1.54, 1.807) is 42.5 Å². The van der Waals surface area contributed by atoms with Crippen LogP contribution in [0.25, 0.3) is 6.08 Å². The zero-order chi connectivity index (χ0) is 17.9. The van der Waals surface area contributed by atoms with Crippen LogP contribution in [0.4, 0.5) is 0 Å². The van der Waals surface area contributed by atoms with Gasteiger partial charge >= 0.3 is 5.97 Å². The van der Waals surface area contributed by atoms with E-state index < -0.39 is 5.97 Å². The van der Waals surface area contributed by atoms with Crippen LogP contribution in [0.2, 0.25) is 0 Å². The van der Waals surface area contributed by atoms with Crippen LogP contribution in [0.5, 0.6) is 23.0 Å². The first-order chi connectivity index (χ1) is 12.7. The van der Waals surface area contributed by atoms with Crippen molar-refractivity contribution < 1.29 is 33.3 Å². The van der Waals surface area contributed by atoms with Crippen molar-refractivity contribution >= 4 is 17.8 Å². The van der Waals surface area contributed by atoms with Gasteiger partial charge in [0.2, 0.25) is 13.6 Å². The van der Waals surface area contributed by atoms with Gasteiger partial charge in [-0.25, -0.2) is 4.79 Å². The Bertz CT molecular complexity index is 901. The van der Waals surface area contributed by atoms with Gasteiger partial charge in [0.15, 0.2) is 35.4 Å². The first kappa shape index (κ1) is 16.0. The van der Waals surface area contributed by atoms with E-state index >= 15 is 0 Å². The molecule has 26 heavy (non-hydrogen) atoms. The molecule has 0 amide bonds. The predicted octanol–water partition coefficient (Wildman–Crippen LogP) is 2.58. The molecular weight excluding hydrogens is 340 g/mol. The standard InChI is InChI=1S/C19H14O7/c20-14(13-3-5-16-18(8-13)26-11-24-16)9-22-19(21)6-2-12-1-4-15-17(7-12)25-10-23-15/h1-8H,9-11H2. The van der Waals surface area contributed by atoms with Crippen LogP contribution in [0, 0.1) is 0 Å². The molecule has 0 saturated carbocycles. The van der Waals surface area contributed by atoms with Crippen LogP contribution in [0.1, 0.15) is 15.9 Å². The molecule has 0 aromatic heterocycles. The summed E-state index contributed by atoms with van der Waals surface area (Å²) in [6.45, 7) is -0.0386. The summed E-state index contributed by atoms with van der Waals surface area (Å²) in [6, 6.07) is 10.1. The van der Waals surface area contributed by atoms with Gasteiger partial charge in [-0.1, -0.05) is 6.07 Å². The Kier molecular flexibility index (Phi) is 4.18. The molecule has 7 heteroatoms. The largest absolute Gasteiger partial charge is 0.454 e. The van der Waals surface area contributed by atoms with E-state index in [0.29, 0.717) is 28.6 Å². The predicted molar refractivity (Wildman–Crippen MR) is 89.5 cm³/mol. The molecule has 4 rings (SSSR count). The first-order valence-corrected chi connectivity index (χ1v) is 7.86. The van der Waals surface area contributed by atoms with E-state index in [9.17, 15) is 9.59 Å². The summed E-state index contributed by atoms with van der Waals surface area (Å²) >= 11 is 0. The third-order valence-electron chi connectivity index (χ3n) is 3.85. The summed E-state index contributed by atoms with van der Waals surface area (Å²) < 4.78 is 25.9. The molecule has 0 aliphatic carbocycles. The number of benzene rings is 2. The number of esters is 1. The van der Waals surface area contributed by atoms with E-state index in [0.717, 1.165) is 5.56 Å². The molecule has 0 unspecified atom stereocenters. The number of hydrogen-bond acceptors (Lipinski definition) is 7. The number of hydrogen-bond donors (Lipinski definition) is 0. The second kappa shape index (κ2) is 6.79. The number of ether oxygens (including phenoxy) is 5. The molecule has 0 radical (unpaired) electrons. The molecule has 2 heterocycles. The quantitative estimate of drug-likeness (QED) is 0.464. The summed E-state index contributed by atoms with van der Waals surface area (Å²) in [4.78, 5) is 23.9. The molecule has 2 aromatic rings. The molecule has 0 spiro atoms. The summed E-state index contributed by atoms with van der Waals surface area (Å²) in [5.74, 6) is 1.44. The summed E-state index contributed by atoms with van der Waals surface area (Å²) in [5, 5.41) is 0. The van der Waals surface area contributed by atoms with Crippen molar-refractivity contribution in [1.82, 2.24) is 0 Å². The minimum Gasteiger partial charge on any atom is -0.454 e. The van der Waals surface area contributed by atoms with Crippen molar-refractivity contribution in [2.45, 2.75) is 0 Å².